The highest BCUT2D eigenvalue weighted by Gasteiger charge is 2.11. The van der Waals surface area contributed by atoms with Gasteiger partial charge in [0.25, 0.3) is 5.91 Å². The molecule has 3 aromatic heterocycles. The second-order valence-corrected chi connectivity index (χ2v) is 7.24. The Morgan fingerprint density at radius 2 is 1.97 bits per heavy atom. The fourth-order valence-electron chi connectivity index (χ4n) is 3.29. The van der Waals surface area contributed by atoms with Crippen molar-refractivity contribution in [2.45, 2.75) is 26.9 Å². The highest BCUT2D eigenvalue weighted by molar-refractivity contribution is 5.89. The van der Waals surface area contributed by atoms with Crippen LogP contribution in [0.2, 0.25) is 0 Å². The van der Waals surface area contributed by atoms with Crippen LogP contribution in [0.3, 0.4) is 0 Å². The fraction of sp³-hybridized carbons (Fsp3) is 0.174. The van der Waals surface area contributed by atoms with Crippen LogP contribution in [0, 0.1) is 13.8 Å². The fourth-order valence-corrected chi connectivity index (χ4v) is 3.29. The van der Waals surface area contributed by atoms with E-state index in [1.165, 1.54) is 0 Å². The summed E-state index contributed by atoms with van der Waals surface area (Å²) in [5, 5.41) is 13.2. The molecule has 0 radical (unpaired) electrons. The number of benzene rings is 1. The molecule has 0 fully saturated rings. The molecular weight excluding hydrogens is 390 g/mol. The van der Waals surface area contributed by atoms with Crippen molar-refractivity contribution in [3.05, 3.63) is 89.6 Å². The monoisotopic (exact) mass is 413 g/mol. The Balaban J connectivity index is 1.51. The minimum atomic E-state index is -0.248. The molecular formula is C23H23N7O. The zero-order valence-corrected chi connectivity index (χ0v) is 17.4. The normalized spacial score (nSPS) is 11.2. The lowest BCUT2D eigenvalue weighted by atomic mass is 10.1. The topological polar surface area (TPSA) is 90.0 Å². The van der Waals surface area contributed by atoms with Crippen LogP contribution in [-0.4, -0.2) is 36.7 Å². The number of pyridine rings is 1. The van der Waals surface area contributed by atoms with Gasteiger partial charge in [-0.1, -0.05) is 30.3 Å². The van der Waals surface area contributed by atoms with Crippen LogP contribution in [-0.2, 0) is 17.9 Å². The maximum Gasteiger partial charge on any atom is 0.261 e. The summed E-state index contributed by atoms with van der Waals surface area (Å²) >= 11 is 0. The van der Waals surface area contributed by atoms with Crippen LogP contribution < -0.4 is 5.43 Å². The molecule has 0 saturated carbocycles. The molecule has 1 N–H and O–H groups in total. The van der Waals surface area contributed by atoms with Crippen molar-refractivity contribution in [1.82, 2.24) is 30.0 Å². The van der Waals surface area contributed by atoms with E-state index in [0.717, 1.165) is 33.8 Å². The SMILES string of the molecule is Cc1cc(C)n(CC(=O)N/N=C/c2cn(Cc3ccccc3)nc2-c2cccnc2)n1. The van der Waals surface area contributed by atoms with Gasteiger partial charge in [-0.3, -0.25) is 19.1 Å². The van der Waals surface area contributed by atoms with E-state index in [9.17, 15) is 4.79 Å². The van der Waals surface area contributed by atoms with E-state index in [-0.39, 0.29) is 12.5 Å². The van der Waals surface area contributed by atoms with Gasteiger partial charge in [-0.2, -0.15) is 15.3 Å². The van der Waals surface area contributed by atoms with Gasteiger partial charge >= 0.3 is 0 Å². The molecule has 0 saturated heterocycles. The third kappa shape index (κ3) is 5.11. The van der Waals surface area contributed by atoms with Crippen LogP contribution in [0.4, 0.5) is 0 Å². The highest BCUT2D eigenvalue weighted by Crippen LogP contribution is 2.20. The first kappa shape index (κ1) is 20.2. The number of carbonyl (C=O) groups excluding carboxylic acids is 1. The van der Waals surface area contributed by atoms with Crippen LogP contribution >= 0.6 is 0 Å². The summed E-state index contributed by atoms with van der Waals surface area (Å²) in [5.74, 6) is -0.248. The molecule has 31 heavy (non-hydrogen) atoms. The minimum Gasteiger partial charge on any atom is -0.271 e. The standard InChI is InChI=1S/C23H23N7O/c1-17-11-18(2)30(27-17)16-22(31)26-25-13-21-15-29(14-19-7-4-3-5-8-19)28-23(21)20-9-6-10-24-12-20/h3-13,15H,14,16H2,1-2H3,(H,26,31)/b25-13+. The first-order valence-corrected chi connectivity index (χ1v) is 9.93. The molecule has 8 heteroatoms. The van der Waals surface area contributed by atoms with Crippen LogP contribution in [0.25, 0.3) is 11.3 Å². The zero-order chi connectivity index (χ0) is 21.6. The Morgan fingerprint density at radius 3 is 2.68 bits per heavy atom. The average molecular weight is 413 g/mol. The predicted octanol–water partition coefficient (Wildman–Crippen LogP) is 2.96. The van der Waals surface area contributed by atoms with Gasteiger partial charge in [0.05, 0.1) is 18.5 Å². The number of hydrogen-bond donors (Lipinski definition) is 1. The van der Waals surface area contributed by atoms with E-state index in [1.54, 1.807) is 23.3 Å². The number of rotatable bonds is 7. The predicted molar refractivity (Wildman–Crippen MR) is 118 cm³/mol. The largest absolute Gasteiger partial charge is 0.271 e. The number of hydrazone groups is 1. The number of aryl methyl sites for hydroxylation is 2. The van der Waals surface area contributed by atoms with Crippen molar-refractivity contribution in [3.8, 4) is 11.3 Å². The van der Waals surface area contributed by atoms with E-state index in [2.05, 4.69) is 32.7 Å². The van der Waals surface area contributed by atoms with E-state index in [4.69, 9.17) is 5.10 Å². The van der Waals surface area contributed by atoms with Crippen molar-refractivity contribution in [1.29, 1.82) is 0 Å². The van der Waals surface area contributed by atoms with Gasteiger partial charge in [0.2, 0.25) is 0 Å². The molecule has 1 amide bonds. The average Bonchev–Trinajstić information content (AvgIpc) is 3.31. The van der Waals surface area contributed by atoms with Gasteiger partial charge in [0, 0.05) is 35.4 Å². The second-order valence-electron chi connectivity index (χ2n) is 7.24. The maximum absolute atomic E-state index is 12.2. The van der Waals surface area contributed by atoms with E-state index in [1.807, 2.05) is 61.1 Å². The minimum absolute atomic E-state index is 0.111. The lowest BCUT2D eigenvalue weighted by Crippen LogP contribution is -2.24. The molecule has 8 nitrogen and oxygen atoms in total. The Labute approximate surface area is 180 Å². The van der Waals surface area contributed by atoms with Crippen LogP contribution in [0.1, 0.15) is 22.5 Å². The Hall–Kier alpha value is -4.07. The van der Waals surface area contributed by atoms with E-state index >= 15 is 0 Å². The van der Waals surface area contributed by atoms with Gasteiger partial charge in [-0.05, 0) is 37.6 Å². The van der Waals surface area contributed by atoms with Gasteiger partial charge in [-0.25, -0.2) is 5.43 Å². The summed E-state index contributed by atoms with van der Waals surface area (Å²) in [7, 11) is 0. The molecule has 0 aliphatic rings. The van der Waals surface area contributed by atoms with Crippen LogP contribution in [0.15, 0.2) is 72.2 Å². The molecule has 0 aliphatic heterocycles. The molecule has 4 rings (SSSR count). The first-order valence-electron chi connectivity index (χ1n) is 9.93. The first-order chi connectivity index (χ1) is 15.1. The molecule has 0 aliphatic carbocycles. The van der Waals surface area contributed by atoms with Crippen molar-refractivity contribution in [3.63, 3.8) is 0 Å². The number of hydrogen-bond acceptors (Lipinski definition) is 5. The smallest absolute Gasteiger partial charge is 0.261 e. The van der Waals surface area contributed by atoms with E-state index in [0.29, 0.717) is 6.54 Å². The summed E-state index contributed by atoms with van der Waals surface area (Å²) in [6.07, 6.45) is 6.99. The molecule has 0 bridgehead atoms. The number of carbonyl (C=O) groups is 1. The molecule has 4 aromatic rings. The summed E-state index contributed by atoms with van der Waals surface area (Å²) in [5.41, 5.74) is 7.94. The zero-order valence-electron chi connectivity index (χ0n) is 17.4. The molecule has 0 atom stereocenters. The summed E-state index contributed by atoms with van der Waals surface area (Å²) in [6.45, 7) is 4.55. The van der Waals surface area contributed by atoms with Crippen molar-refractivity contribution in [2.24, 2.45) is 5.10 Å². The van der Waals surface area contributed by atoms with Crippen molar-refractivity contribution >= 4 is 12.1 Å². The van der Waals surface area contributed by atoms with Gasteiger partial charge < -0.3 is 0 Å². The molecule has 1 aromatic carbocycles. The number of nitrogens with one attached hydrogen (secondary N) is 1. The van der Waals surface area contributed by atoms with Gasteiger partial charge in [0.15, 0.2) is 0 Å². The van der Waals surface area contributed by atoms with E-state index < -0.39 is 0 Å². The quantitative estimate of drug-likeness (QED) is 0.373. The Bertz CT molecular complexity index is 1190. The van der Waals surface area contributed by atoms with Crippen molar-refractivity contribution in [2.75, 3.05) is 0 Å². The maximum atomic E-state index is 12.2. The number of nitrogens with zero attached hydrogens (tertiary/aromatic N) is 6. The highest BCUT2D eigenvalue weighted by atomic mass is 16.2. The molecule has 3 heterocycles. The van der Waals surface area contributed by atoms with Crippen LogP contribution in [0.5, 0.6) is 0 Å². The Kier molecular flexibility index (Phi) is 5.98. The third-order valence-corrected chi connectivity index (χ3v) is 4.70. The lowest BCUT2D eigenvalue weighted by Gasteiger charge is -2.02. The molecule has 156 valence electrons. The Morgan fingerprint density at radius 1 is 1.13 bits per heavy atom. The van der Waals surface area contributed by atoms with Gasteiger partial charge in [-0.15, -0.1) is 0 Å². The third-order valence-electron chi connectivity index (χ3n) is 4.70. The number of aromatic nitrogens is 5. The lowest BCUT2D eigenvalue weighted by molar-refractivity contribution is -0.121. The summed E-state index contributed by atoms with van der Waals surface area (Å²) in [4.78, 5) is 16.4. The van der Waals surface area contributed by atoms with Crippen molar-refractivity contribution < 1.29 is 4.79 Å². The second kappa shape index (κ2) is 9.17. The molecule has 0 unspecified atom stereocenters. The number of amides is 1. The summed E-state index contributed by atoms with van der Waals surface area (Å²) < 4.78 is 3.51. The molecule has 0 spiro atoms. The summed E-state index contributed by atoms with van der Waals surface area (Å²) in [6, 6.07) is 15.8. The van der Waals surface area contributed by atoms with Gasteiger partial charge in [0.1, 0.15) is 12.2 Å².